The van der Waals surface area contributed by atoms with E-state index < -0.39 is 5.97 Å². The topological polar surface area (TPSA) is 63.7 Å². The van der Waals surface area contributed by atoms with E-state index >= 15 is 0 Å². The van der Waals surface area contributed by atoms with E-state index in [0.29, 0.717) is 24.1 Å². The zero-order chi connectivity index (χ0) is 19.2. The molecule has 0 radical (unpaired) electrons. The summed E-state index contributed by atoms with van der Waals surface area (Å²) in [5.74, 6) is -1.16. The Labute approximate surface area is 156 Å². The van der Waals surface area contributed by atoms with Crippen molar-refractivity contribution in [3.8, 4) is 0 Å². The smallest absolute Gasteiger partial charge is 0.306 e. The average Bonchev–Trinajstić information content (AvgIpc) is 3.11. The van der Waals surface area contributed by atoms with E-state index in [4.69, 9.17) is 4.74 Å². The number of carbonyl (C=O) groups excluding carboxylic acids is 3. The molecule has 0 atom stereocenters. The van der Waals surface area contributed by atoms with Gasteiger partial charge in [-0.3, -0.25) is 14.4 Å². The third-order valence-electron chi connectivity index (χ3n) is 4.49. The second-order valence-electron chi connectivity index (χ2n) is 6.37. The molecule has 0 aromatic heterocycles. The number of amides is 1. The summed E-state index contributed by atoms with van der Waals surface area (Å²) in [6, 6.07) is 12.9. The largest absolute Gasteiger partial charge is 0.457 e. The van der Waals surface area contributed by atoms with E-state index in [1.807, 2.05) is 0 Å². The van der Waals surface area contributed by atoms with Crippen LogP contribution >= 0.6 is 0 Å². The normalized spacial score (nSPS) is 13.7. The van der Waals surface area contributed by atoms with Crippen LogP contribution in [0, 0.1) is 5.82 Å². The fourth-order valence-corrected chi connectivity index (χ4v) is 2.99. The van der Waals surface area contributed by atoms with Gasteiger partial charge in [-0.25, -0.2) is 4.39 Å². The highest BCUT2D eigenvalue weighted by atomic mass is 19.1. The number of esters is 1. The number of ketones is 1. The lowest BCUT2D eigenvalue weighted by Gasteiger charge is -2.15. The van der Waals surface area contributed by atoms with Gasteiger partial charge in [-0.1, -0.05) is 18.2 Å². The fraction of sp³-hybridized carbons (Fsp3) is 0.286. The number of carbonyl (C=O) groups is 3. The summed E-state index contributed by atoms with van der Waals surface area (Å²) in [6.45, 7) is 0.323. The molecule has 0 N–H and O–H groups in total. The maximum atomic E-state index is 13.5. The number of rotatable bonds is 7. The van der Waals surface area contributed by atoms with E-state index in [2.05, 4.69) is 0 Å². The van der Waals surface area contributed by atoms with Crippen molar-refractivity contribution in [3.63, 3.8) is 0 Å². The zero-order valence-electron chi connectivity index (χ0n) is 14.8. The van der Waals surface area contributed by atoms with E-state index in [9.17, 15) is 18.8 Å². The van der Waals surface area contributed by atoms with E-state index in [0.717, 1.165) is 12.1 Å². The summed E-state index contributed by atoms with van der Waals surface area (Å²) in [7, 11) is 0. The van der Waals surface area contributed by atoms with Gasteiger partial charge in [0.25, 0.3) is 0 Å². The van der Waals surface area contributed by atoms with Gasteiger partial charge in [-0.2, -0.15) is 0 Å². The number of ether oxygens (including phenoxy) is 1. The Hall–Kier alpha value is -3.02. The molecule has 3 rings (SSSR count). The van der Waals surface area contributed by atoms with Crippen molar-refractivity contribution in [3.05, 3.63) is 65.5 Å². The summed E-state index contributed by atoms with van der Waals surface area (Å²) < 4.78 is 18.5. The van der Waals surface area contributed by atoms with Crippen LogP contribution in [0.25, 0.3) is 0 Å². The van der Waals surface area contributed by atoms with Gasteiger partial charge in [0.1, 0.15) is 5.82 Å². The van der Waals surface area contributed by atoms with Gasteiger partial charge in [-0.15, -0.1) is 0 Å². The highest BCUT2D eigenvalue weighted by molar-refractivity contribution is 5.99. The Morgan fingerprint density at radius 1 is 1.07 bits per heavy atom. The Morgan fingerprint density at radius 3 is 2.48 bits per heavy atom. The standard InChI is InChI=1S/C21H20FNO4/c22-18-5-2-1-4-15(18)9-12-21(26)27-14-19(24)16-7-10-17(11-8-16)23-13-3-6-20(23)25/h1-2,4-5,7-8,10-11H,3,6,9,12-14H2. The van der Waals surface area contributed by atoms with Crippen molar-refractivity contribution in [2.45, 2.75) is 25.7 Å². The molecule has 0 bridgehead atoms. The van der Waals surface area contributed by atoms with Gasteiger partial charge in [0, 0.05) is 30.6 Å². The number of anilines is 1. The minimum absolute atomic E-state index is 0.00419. The lowest BCUT2D eigenvalue weighted by Crippen LogP contribution is -2.23. The number of halogens is 1. The monoisotopic (exact) mass is 369 g/mol. The molecule has 0 saturated carbocycles. The lowest BCUT2D eigenvalue weighted by atomic mass is 10.1. The molecular weight excluding hydrogens is 349 g/mol. The number of Topliss-reactive ketones (excluding diaryl/α,β-unsaturated/α-hetero) is 1. The van der Waals surface area contributed by atoms with Gasteiger partial charge in [0.05, 0.1) is 0 Å². The first-order valence-corrected chi connectivity index (χ1v) is 8.87. The molecule has 1 fully saturated rings. The van der Waals surface area contributed by atoms with Crippen LogP contribution in [0.4, 0.5) is 10.1 Å². The van der Waals surface area contributed by atoms with Gasteiger partial charge in [0.15, 0.2) is 12.4 Å². The van der Waals surface area contributed by atoms with E-state index in [1.165, 1.54) is 6.07 Å². The minimum atomic E-state index is -0.550. The highest BCUT2D eigenvalue weighted by Gasteiger charge is 2.21. The molecular formula is C21H20FNO4. The molecule has 1 aliphatic heterocycles. The van der Waals surface area contributed by atoms with Crippen LogP contribution in [-0.4, -0.2) is 30.8 Å². The van der Waals surface area contributed by atoms with Crippen LogP contribution in [0.3, 0.4) is 0 Å². The number of benzene rings is 2. The maximum Gasteiger partial charge on any atom is 0.306 e. The van der Waals surface area contributed by atoms with Crippen molar-refractivity contribution in [2.24, 2.45) is 0 Å². The third-order valence-corrected chi connectivity index (χ3v) is 4.49. The number of nitrogens with zero attached hydrogens (tertiary/aromatic N) is 1. The molecule has 1 aliphatic rings. The van der Waals surface area contributed by atoms with E-state index in [1.54, 1.807) is 47.4 Å². The summed E-state index contributed by atoms with van der Waals surface area (Å²) >= 11 is 0. The predicted octanol–water partition coefficient (Wildman–Crippen LogP) is 3.31. The van der Waals surface area contributed by atoms with Crippen LogP contribution in [0.1, 0.15) is 35.2 Å². The first-order valence-electron chi connectivity index (χ1n) is 8.87. The predicted molar refractivity (Wildman–Crippen MR) is 98.0 cm³/mol. The summed E-state index contributed by atoms with van der Waals surface area (Å²) in [5.41, 5.74) is 1.61. The number of hydrogen-bond donors (Lipinski definition) is 0. The maximum absolute atomic E-state index is 13.5. The van der Waals surface area contributed by atoms with Gasteiger partial charge in [-0.05, 0) is 48.7 Å². The molecule has 5 nitrogen and oxygen atoms in total. The Bertz CT molecular complexity index is 848. The van der Waals surface area contributed by atoms with Crippen molar-refractivity contribution in [1.29, 1.82) is 0 Å². The summed E-state index contributed by atoms with van der Waals surface area (Å²) in [4.78, 5) is 37.4. The van der Waals surface area contributed by atoms with Crippen molar-refractivity contribution in [2.75, 3.05) is 18.1 Å². The zero-order valence-corrected chi connectivity index (χ0v) is 14.8. The summed E-state index contributed by atoms with van der Waals surface area (Å²) in [5, 5.41) is 0. The molecule has 0 unspecified atom stereocenters. The molecule has 2 aromatic rings. The summed E-state index contributed by atoms with van der Waals surface area (Å²) in [6.07, 6.45) is 1.61. The molecule has 140 valence electrons. The lowest BCUT2D eigenvalue weighted by molar-refractivity contribution is -0.142. The molecule has 0 spiro atoms. The third kappa shape index (κ3) is 4.78. The van der Waals surface area contributed by atoms with Crippen LogP contribution in [0.2, 0.25) is 0 Å². The average molecular weight is 369 g/mol. The molecule has 6 heteroatoms. The van der Waals surface area contributed by atoms with E-state index in [-0.39, 0.29) is 37.0 Å². The number of hydrogen-bond acceptors (Lipinski definition) is 4. The fourth-order valence-electron chi connectivity index (χ4n) is 2.99. The van der Waals surface area contributed by atoms with Crippen molar-refractivity contribution >= 4 is 23.3 Å². The second kappa shape index (κ2) is 8.58. The van der Waals surface area contributed by atoms with Crippen LogP contribution in [-0.2, 0) is 20.7 Å². The Kier molecular flexibility index (Phi) is 5.96. The van der Waals surface area contributed by atoms with Gasteiger partial charge in [0.2, 0.25) is 5.91 Å². The SMILES string of the molecule is O=C(CCc1ccccc1F)OCC(=O)c1ccc(N2CCCC2=O)cc1. The van der Waals surface area contributed by atoms with Crippen LogP contribution < -0.4 is 4.90 Å². The van der Waals surface area contributed by atoms with Crippen LogP contribution in [0.15, 0.2) is 48.5 Å². The van der Waals surface area contributed by atoms with Crippen molar-refractivity contribution in [1.82, 2.24) is 0 Å². The molecule has 0 aliphatic carbocycles. The molecule has 1 amide bonds. The van der Waals surface area contributed by atoms with Gasteiger partial charge < -0.3 is 9.64 Å². The molecule has 1 saturated heterocycles. The second-order valence-corrected chi connectivity index (χ2v) is 6.37. The van der Waals surface area contributed by atoms with Crippen molar-refractivity contribution < 1.29 is 23.5 Å². The molecule has 1 heterocycles. The Balaban J connectivity index is 1.48. The first-order chi connectivity index (χ1) is 13.0. The Morgan fingerprint density at radius 2 is 1.81 bits per heavy atom. The number of aryl methyl sites for hydroxylation is 1. The minimum Gasteiger partial charge on any atom is -0.457 e. The molecule has 2 aromatic carbocycles. The van der Waals surface area contributed by atoms with Gasteiger partial charge >= 0.3 is 5.97 Å². The van der Waals surface area contributed by atoms with Crippen LogP contribution in [0.5, 0.6) is 0 Å². The first kappa shape index (κ1) is 18.8. The quantitative estimate of drug-likeness (QED) is 0.555. The highest BCUT2D eigenvalue weighted by Crippen LogP contribution is 2.21. The molecule has 27 heavy (non-hydrogen) atoms.